The predicted molar refractivity (Wildman–Crippen MR) is 73.5 cm³/mol. The summed E-state index contributed by atoms with van der Waals surface area (Å²) in [6, 6.07) is 0. The smallest absolute Gasteiger partial charge is 0.0272 e. The molecule has 0 N–H and O–H groups in total. The first kappa shape index (κ1) is 14.1. The molecular weight excluding hydrogens is 192 g/mol. The molecule has 0 nitrogen and oxygen atoms in total. The molecule has 0 heteroatoms. The molecule has 1 fully saturated rings. The Morgan fingerprint density at radius 3 is 2.06 bits per heavy atom. The molecule has 0 aromatic carbocycles. The van der Waals surface area contributed by atoms with Crippen molar-refractivity contribution in [2.24, 2.45) is 28.6 Å². The maximum atomic E-state index is 2.51. The third-order valence-corrected chi connectivity index (χ3v) is 6.24. The van der Waals surface area contributed by atoms with Gasteiger partial charge in [0.05, 0.1) is 0 Å². The van der Waals surface area contributed by atoms with Crippen molar-refractivity contribution in [3.63, 3.8) is 0 Å². The van der Waals surface area contributed by atoms with E-state index in [0.29, 0.717) is 10.8 Å². The molecular formula is C16H32. The third kappa shape index (κ3) is 2.17. The van der Waals surface area contributed by atoms with Crippen LogP contribution in [0.1, 0.15) is 74.1 Å². The van der Waals surface area contributed by atoms with Crippen molar-refractivity contribution in [3.8, 4) is 0 Å². The van der Waals surface area contributed by atoms with Crippen molar-refractivity contribution in [3.05, 3.63) is 0 Å². The zero-order valence-corrected chi connectivity index (χ0v) is 12.6. The van der Waals surface area contributed by atoms with Gasteiger partial charge in [0.2, 0.25) is 0 Å². The highest BCUT2D eigenvalue weighted by molar-refractivity contribution is 4.99. The van der Waals surface area contributed by atoms with Crippen molar-refractivity contribution in [2.45, 2.75) is 74.1 Å². The molecule has 0 spiro atoms. The van der Waals surface area contributed by atoms with E-state index in [1.54, 1.807) is 0 Å². The molecule has 0 aromatic heterocycles. The predicted octanol–water partition coefficient (Wildman–Crippen LogP) is 5.52. The molecule has 3 unspecified atom stereocenters. The van der Waals surface area contributed by atoms with E-state index in [9.17, 15) is 0 Å². The second kappa shape index (κ2) is 4.70. The van der Waals surface area contributed by atoms with E-state index in [1.165, 1.54) is 25.7 Å². The largest absolute Gasteiger partial charge is 0.0654 e. The lowest BCUT2D eigenvalue weighted by atomic mass is 9.48. The highest BCUT2D eigenvalue weighted by Gasteiger charge is 2.51. The summed E-state index contributed by atoms with van der Waals surface area (Å²) in [5, 5.41) is 0. The lowest BCUT2D eigenvalue weighted by molar-refractivity contribution is -0.0827. The van der Waals surface area contributed by atoms with Crippen LogP contribution in [0.3, 0.4) is 0 Å². The summed E-state index contributed by atoms with van der Waals surface area (Å²) in [5.41, 5.74) is 0.969. The minimum Gasteiger partial charge on any atom is -0.0654 e. The molecule has 0 aromatic rings. The van der Waals surface area contributed by atoms with Crippen molar-refractivity contribution >= 4 is 0 Å². The Hall–Kier alpha value is 0. The van der Waals surface area contributed by atoms with Crippen molar-refractivity contribution < 1.29 is 0 Å². The standard InChI is InChI=1S/C16H32/c1-8-9-10-14-11-12(2)13(3)15(4,5)16(14,6)7/h12-14H,8-11H2,1-7H3. The Kier molecular flexibility index (Phi) is 4.13. The van der Waals surface area contributed by atoms with Crippen LogP contribution < -0.4 is 0 Å². The summed E-state index contributed by atoms with van der Waals surface area (Å²) in [6.07, 6.45) is 5.63. The van der Waals surface area contributed by atoms with Gasteiger partial charge in [-0.05, 0) is 41.4 Å². The minimum absolute atomic E-state index is 0.475. The fourth-order valence-corrected chi connectivity index (χ4v) is 3.70. The topological polar surface area (TPSA) is 0 Å². The van der Waals surface area contributed by atoms with Gasteiger partial charge >= 0.3 is 0 Å². The van der Waals surface area contributed by atoms with Crippen molar-refractivity contribution in [1.29, 1.82) is 0 Å². The van der Waals surface area contributed by atoms with Gasteiger partial charge in [0.25, 0.3) is 0 Å². The number of hydrogen-bond acceptors (Lipinski definition) is 0. The van der Waals surface area contributed by atoms with Crippen LogP contribution in [0, 0.1) is 28.6 Å². The molecule has 1 saturated carbocycles. The van der Waals surface area contributed by atoms with E-state index in [0.717, 1.165) is 17.8 Å². The number of hydrogen-bond donors (Lipinski definition) is 0. The monoisotopic (exact) mass is 224 g/mol. The minimum atomic E-state index is 0.475. The van der Waals surface area contributed by atoms with Gasteiger partial charge in [0, 0.05) is 0 Å². The average Bonchev–Trinajstić information content (AvgIpc) is 2.20. The quantitative estimate of drug-likeness (QED) is 0.592. The van der Waals surface area contributed by atoms with Crippen LogP contribution in [0.25, 0.3) is 0 Å². The summed E-state index contributed by atoms with van der Waals surface area (Å²) in [5.74, 6) is 2.67. The molecule has 0 amide bonds. The van der Waals surface area contributed by atoms with Crippen molar-refractivity contribution in [1.82, 2.24) is 0 Å². The van der Waals surface area contributed by atoms with Gasteiger partial charge in [-0.15, -0.1) is 0 Å². The molecule has 0 radical (unpaired) electrons. The summed E-state index contributed by atoms with van der Waals surface area (Å²) in [6.45, 7) is 17.2. The average molecular weight is 224 g/mol. The molecule has 0 aliphatic heterocycles. The molecule has 0 heterocycles. The first-order chi connectivity index (χ1) is 7.25. The molecule has 3 atom stereocenters. The molecule has 1 aliphatic carbocycles. The van der Waals surface area contributed by atoms with Gasteiger partial charge in [-0.1, -0.05) is 61.3 Å². The van der Waals surface area contributed by atoms with E-state index < -0.39 is 0 Å². The fourth-order valence-electron chi connectivity index (χ4n) is 3.70. The third-order valence-electron chi connectivity index (χ3n) is 6.24. The van der Waals surface area contributed by atoms with Crippen molar-refractivity contribution in [2.75, 3.05) is 0 Å². The van der Waals surface area contributed by atoms with E-state index in [4.69, 9.17) is 0 Å². The highest BCUT2D eigenvalue weighted by Crippen LogP contribution is 2.58. The van der Waals surface area contributed by atoms with Gasteiger partial charge < -0.3 is 0 Å². The molecule has 96 valence electrons. The first-order valence-electron chi connectivity index (χ1n) is 7.25. The second-order valence-electron chi connectivity index (χ2n) is 7.28. The van der Waals surface area contributed by atoms with Gasteiger partial charge in [-0.3, -0.25) is 0 Å². The van der Waals surface area contributed by atoms with Crippen LogP contribution in [0.15, 0.2) is 0 Å². The Morgan fingerprint density at radius 1 is 1.00 bits per heavy atom. The van der Waals surface area contributed by atoms with E-state index in [2.05, 4.69) is 48.5 Å². The molecule has 16 heavy (non-hydrogen) atoms. The van der Waals surface area contributed by atoms with Crippen LogP contribution >= 0.6 is 0 Å². The van der Waals surface area contributed by atoms with Gasteiger partial charge in [0.15, 0.2) is 0 Å². The normalized spacial score (nSPS) is 37.3. The molecule has 1 aliphatic rings. The number of unbranched alkanes of at least 4 members (excludes halogenated alkanes) is 1. The Labute approximate surface area is 103 Å². The SMILES string of the molecule is CCCCC1CC(C)C(C)C(C)(C)C1(C)C. The van der Waals surface area contributed by atoms with Gasteiger partial charge in [-0.25, -0.2) is 0 Å². The van der Waals surface area contributed by atoms with Crippen LogP contribution in [0.2, 0.25) is 0 Å². The molecule has 0 bridgehead atoms. The lowest BCUT2D eigenvalue weighted by Crippen LogP contribution is -2.50. The molecule has 0 saturated heterocycles. The number of rotatable bonds is 3. The Bertz CT molecular complexity index is 224. The first-order valence-corrected chi connectivity index (χ1v) is 7.25. The zero-order chi connectivity index (χ0) is 12.6. The van der Waals surface area contributed by atoms with Gasteiger partial charge in [0.1, 0.15) is 0 Å². The van der Waals surface area contributed by atoms with Gasteiger partial charge in [-0.2, -0.15) is 0 Å². The van der Waals surface area contributed by atoms with E-state index in [-0.39, 0.29) is 0 Å². The van der Waals surface area contributed by atoms with E-state index in [1.807, 2.05) is 0 Å². The van der Waals surface area contributed by atoms with Crippen LogP contribution in [-0.4, -0.2) is 0 Å². The van der Waals surface area contributed by atoms with E-state index >= 15 is 0 Å². The Morgan fingerprint density at radius 2 is 1.56 bits per heavy atom. The summed E-state index contributed by atoms with van der Waals surface area (Å²) >= 11 is 0. The van der Waals surface area contributed by atoms with Crippen LogP contribution in [0.4, 0.5) is 0 Å². The maximum absolute atomic E-state index is 2.51. The summed E-state index contributed by atoms with van der Waals surface area (Å²) in [4.78, 5) is 0. The second-order valence-corrected chi connectivity index (χ2v) is 7.28. The highest BCUT2D eigenvalue weighted by atomic mass is 14.6. The molecule has 1 rings (SSSR count). The summed E-state index contributed by atoms with van der Waals surface area (Å²) < 4.78 is 0. The lowest BCUT2D eigenvalue weighted by Gasteiger charge is -2.57. The maximum Gasteiger partial charge on any atom is -0.0272 e. The zero-order valence-electron chi connectivity index (χ0n) is 12.6. The Balaban J connectivity index is 2.87. The van der Waals surface area contributed by atoms with Crippen LogP contribution in [-0.2, 0) is 0 Å². The fraction of sp³-hybridized carbons (Fsp3) is 1.00. The van der Waals surface area contributed by atoms with Crippen LogP contribution in [0.5, 0.6) is 0 Å². The summed E-state index contributed by atoms with van der Waals surface area (Å²) in [7, 11) is 0.